The van der Waals surface area contributed by atoms with Crippen LogP contribution in [0.5, 0.6) is 0 Å². The number of carbonyl (C=O) groups excluding carboxylic acids is 2. The van der Waals surface area contributed by atoms with E-state index >= 15 is 0 Å². The first-order valence-corrected chi connectivity index (χ1v) is 12.3. The van der Waals surface area contributed by atoms with Gasteiger partial charge in [0.25, 0.3) is 11.5 Å². The minimum absolute atomic E-state index is 0.152. The van der Waals surface area contributed by atoms with Crippen LogP contribution in [0.25, 0.3) is 0 Å². The van der Waals surface area contributed by atoms with Crippen LogP contribution < -0.4 is 10.9 Å². The molecule has 8 heteroatoms. The van der Waals surface area contributed by atoms with Gasteiger partial charge in [-0.3, -0.25) is 14.4 Å². The first kappa shape index (κ1) is 27.4. The Morgan fingerprint density at radius 2 is 1.78 bits per heavy atom. The summed E-state index contributed by atoms with van der Waals surface area (Å²) in [5.41, 5.74) is 5.04. The maximum atomic E-state index is 12.6. The number of pyridine rings is 1. The van der Waals surface area contributed by atoms with E-state index in [2.05, 4.69) is 15.5 Å². The van der Waals surface area contributed by atoms with Crippen LogP contribution in [-0.2, 0) is 9.53 Å². The number of aromatic amines is 1. The second kappa shape index (κ2) is 13.2. The number of rotatable bonds is 11. The Balaban J connectivity index is 1.80. The topological polar surface area (TPSA) is 121 Å². The van der Waals surface area contributed by atoms with Crippen LogP contribution in [0.15, 0.2) is 70.7 Å². The molecule has 0 fully saturated rings. The molecule has 1 amide bonds. The van der Waals surface area contributed by atoms with Crippen molar-refractivity contribution >= 4 is 17.6 Å². The molecule has 1 unspecified atom stereocenters. The fourth-order valence-corrected chi connectivity index (χ4v) is 4.20. The first-order chi connectivity index (χ1) is 17.8. The Hall–Kier alpha value is -4.20. The molecule has 0 bridgehead atoms. The van der Waals surface area contributed by atoms with Gasteiger partial charge in [-0.2, -0.15) is 0 Å². The predicted molar refractivity (Wildman–Crippen MR) is 142 cm³/mol. The minimum Gasteiger partial charge on any atom is -0.466 e. The van der Waals surface area contributed by atoms with E-state index in [1.165, 1.54) is 0 Å². The van der Waals surface area contributed by atoms with Gasteiger partial charge in [-0.25, -0.2) is 0 Å². The molecule has 0 saturated carbocycles. The van der Waals surface area contributed by atoms with E-state index in [9.17, 15) is 19.6 Å². The number of oxime groups is 1. The number of carbonyl (C=O) groups is 2. The molecule has 0 saturated heterocycles. The highest BCUT2D eigenvalue weighted by atomic mass is 16.5. The number of aryl methyl sites for hydroxylation is 2. The van der Waals surface area contributed by atoms with Crippen LogP contribution in [0, 0.1) is 13.8 Å². The van der Waals surface area contributed by atoms with Crippen LogP contribution in [-0.4, -0.2) is 40.9 Å². The van der Waals surface area contributed by atoms with E-state index in [1.54, 1.807) is 38.2 Å². The van der Waals surface area contributed by atoms with E-state index in [0.29, 0.717) is 48.4 Å². The molecule has 0 aliphatic rings. The Bertz CT molecular complexity index is 1310. The Labute approximate surface area is 216 Å². The number of amides is 1. The summed E-state index contributed by atoms with van der Waals surface area (Å²) in [5, 5.41) is 16.2. The minimum atomic E-state index is -0.272. The zero-order valence-corrected chi connectivity index (χ0v) is 21.4. The lowest BCUT2D eigenvalue weighted by molar-refractivity contribution is -0.143. The first-order valence-electron chi connectivity index (χ1n) is 12.3. The van der Waals surface area contributed by atoms with Gasteiger partial charge >= 0.3 is 5.97 Å². The third-order valence-corrected chi connectivity index (χ3v) is 6.23. The highest BCUT2D eigenvalue weighted by Gasteiger charge is 2.21. The van der Waals surface area contributed by atoms with Crippen LogP contribution in [0.1, 0.15) is 70.3 Å². The molecule has 1 heterocycles. The van der Waals surface area contributed by atoms with Gasteiger partial charge in [-0.05, 0) is 62.1 Å². The summed E-state index contributed by atoms with van der Waals surface area (Å²) >= 11 is 0. The van der Waals surface area contributed by atoms with Crippen LogP contribution >= 0.6 is 0 Å². The van der Waals surface area contributed by atoms with Gasteiger partial charge in [0.05, 0.1) is 12.3 Å². The lowest BCUT2D eigenvalue weighted by Gasteiger charge is -2.21. The standard InChI is InChI=1S/C29H33N3O5/c1-4-37-27(33)10-7-15-30-29(35)22-13-11-21(12-14-22)25(24-9-6-5-8-19(24)2)17-26(32-36)23-16-20(3)28(34)31-18-23/h5-6,8-9,11-14,16,18,25,36H,4,7,10,15,17H2,1-3H3,(H,30,35)(H,31,34)/b32-26+. The second-order valence-corrected chi connectivity index (χ2v) is 8.85. The van der Waals surface area contributed by atoms with Gasteiger partial charge in [0.15, 0.2) is 0 Å². The van der Waals surface area contributed by atoms with E-state index in [-0.39, 0.29) is 29.8 Å². The molecule has 3 N–H and O–H groups in total. The molecule has 0 aliphatic carbocycles. The van der Waals surface area contributed by atoms with Crippen molar-refractivity contribution in [2.45, 2.75) is 46.0 Å². The molecule has 8 nitrogen and oxygen atoms in total. The number of benzene rings is 2. The van der Waals surface area contributed by atoms with Crippen LogP contribution in [0.4, 0.5) is 0 Å². The van der Waals surface area contributed by atoms with Crippen molar-refractivity contribution in [1.29, 1.82) is 0 Å². The lowest BCUT2D eigenvalue weighted by Crippen LogP contribution is -2.25. The monoisotopic (exact) mass is 503 g/mol. The largest absolute Gasteiger partial charge is 0.466 e. The Morgan fingerprint density at radius 3 is 2.43 bits per heavy atom. The quantitative estimate of drug-likeness (QED) is 0.117. The van der Waals surface area contributed by atoms with Gasteiger partial charge in [-0.1, -0.05) is 41.6 Å². The number of nitrogens with zero attached hydrogens (tertiary/aromatic N) is 1. The van der Waals surface area contributed by atoms with Crippen molar-refractivity contribution in [3.63, 3.8) is 0 Å². The zero-order chi connectivity index (χ0) is 26.8. The average Bonchev–Trinajstić information content (AvgIpc) is 2.90. The third-order valence-electron chi connectivity index (χ3n) is 6.23. The van der Waals surface area contributed by atoms with Crippen molar-refractivity contribution in [2.75, 3.05) is 13.2 Å². The summed E-state index contributed by atoms with van der Waals surface area (Å²) in [6, 6.07) is 17.0. The predicted octanol–water partition coefficient (Wildman–Crippen LogP) is 4.47. The van der Waals surface area contributed by atoms with Crippen molar-refractivity contribution in [1.82, 2.24) is 10.3 Å². The summed E-state index contributed by atoms with van der Waals surface area (Å²) in [6.07, 6.45) is 2.70. The fraction of sp³-hybridized carbons (Fsp3) is 0.310. The average molecular weight is 504 g/mol. The molecule has 1 aromatic heterocycles. The lowest BCUT2D eigenvalue weighted by atomic mass is 9.83. The molecule has 0 spiro atoms. The van der Waals surface area contributed by atoms with E-state index in [4.69, 9.17) is 4.74 Å². The molecule has 37 heavy (non-hydrogen) atoms. The highest BCUT2D eigenvalue weighted by Crippen LogP contribution is 2.32. The van der Waals surface area contributed by atoms with E-state index in [1.807, 2.05) is 43.3 Å². The van der Waals surface area contributed by atoms with Gasteiger partial charge < -0.3 is 20.2 Å². The van der Waals surface area contributed by atoms with Gasteiger partial charge in [-0.15, -0.1) is 0 Å². The Kier molecular flexibility index (Phi) is 9.77. The van der Waals surface area contributed by atoms with Crippen LogP contribution in [0.2, 0.25) is 0 Å². The third kappa shape index (κ3) is 7.39. The van der Waals surface area contributed by atoms with Gasteiger partial charge in [0.1, 0.15) is 0 Å². The molecule has 2 aromatic carbocycles. The van der Waals surface area contributed by atoms with Gasteiger partial charge in [0, 0.05) is 48.2 Å². The summed E-state index contributed by atoms with van der Waals surface area (Å²) in [7, 11) is 0. The maximum Gasteiger partial charge on any atom is 0.305 e. The van der Waals surface area contributed by atoms with E-state index in [0.717, 1.165) is 16.7 Å². The molecule has 194 valence electrons. The summed E-state index contributed by atoms with van der Waals surface area (Å²) < 4.78 is 4.90. The summed E-state index contributed by atoms with van der Waals surface area (Å²) in [4.78, 5) is 38.5. The number of H-pyrrole nitrogens is 1. The summed E-state index contributed by atoms with van der Waals surface area (Å²) in [6.45, 7) is 6.21. The van der Waals surface area contributed by atoms with Crippen molar-refractivity contribution in [3.05, 3.63) is 105 Å². The van der Waals surface area contributed by atoms with Crippen LogP contribution in [0.3, 0.4) is 0 Å². The summed E-state index contributed by atoms with van der Waals surface area (Å²) in [5.74, 6) is -0.642. The van der Waals surface area contributed by atoms with Gasteiger partial charge in [0.2, 0.25) is 0 Å². The number of hydrogen-bond acceptors (Lipinski definition) is 6. The van der Waals surface area contributed by atoms with E-state index < -0.39 is 0 Å². The van der Waals surface area contributed by atoms with Crippen molar-refractivity contribution < 1.29 is 19.5 Å². The number of hydrogen-bond donors (Lipinski definition) is 3. The number of aromatic nitrogens is 1. The molecule has 3 rings (SSSR count). The number of esters is 1. The smallest absolute Gasteiger partial charge is 0.305 e. The molecular weight excluding hydrogens is 470 g/mol. The molecule has 0 aliphatic heterocycles. The fourth-order valence-electron chi connectivity index (χ4n) is 4.20. The molecular formula is C29H33N3O5. The zero-order valence-electron chi connectivity index (χ0n) is 21.4. The maximum absolute atomic E-state index is 12.6. The second-order valence-electron chi connectivity index (χ2n) is 8.85. The number of ether oxygens (including phenoxy) is 1. The van der Waals surface area contributed by atoms with Crippen molar-refractivity contribution in [2.24, 2.45) is 5.16 Å². The molecule has 3 aromatic rings. The molecule has 1 atom stereocenters. The Morgan fingerprint density at radius 1 is 1.05 bits per heavy atom. The SMILES string of the molecule is CCOC(=O)CCCNC(=O)c1ccc(C(C/C(=N\O)c2c[nH]c(=O)c(C)c2)c2ccccc2C)cc1. The normalized spacial score (nSPS) is 12.1. The number of nitrogens with one attached hydrogen (secondary N) is 2. The molecule has 0 radical (unpaired) electrons. The highest BCUT2D eigenvalue weighted by molar-refractivity contribution is 6.01. The van der Waals surface area contributed by atoms with Crippen molar-refractivity contribution in [3.8, 4) is 0 Å².